The van der Waals surface area contributed by atoms with Gasteiger partial charge in [-0.05, 0) is 43.7 Å². The zero-order valence-corrected chi connectivity index (χ0v) is 14.6. The molecule has 0 atom stereocenters. The Kier molecular flexibility index (Phi) is 4.98. The molecule has 3 aromatic rings. The van der Waals surface area contributed by atoms with Gasteiger partial charge in [0.2, 0.25) is 0 Å². The van der Waals surface area contributed by atoms with Crippen LogP contribution in [-0.4, -0.2) is 15.9 Å². The van der Waals surface area contributed by atoms with Crippen LogP contribution in [0, 0.1) is 13.8 Å². The van der Waals surface area contributed by atoms with Gasteiger partial charge in [0.15, 0.2) is 11.6 Å². The number of amides is 1. The monoisotopic (exact) mass is 348 g/mol. The van der Waals surface area contributed by atoms with Crippen LogP contribution < -0.4 is 21.9 Å². The highest BCUT2D eigenvalue weighted by atomic mass is 16.2. The second-order valence-corrected chi connectivity index (χ2v) is 5.92. The van der Waals surface area contributed by atoms with Crippen molar-refractivity contribution in [2.75, 3.05) is 16.5 Å². The number of hydrogen-bond acceptors (Lipinski definition) is 6. The summed E-state index contributed by atoms with van der Waals surface area (Å²) < 4.78 is 0. The van der Waals surface area contributed by atoms with Gasteiger partial charge in [0.25, 0.3) is 5.91 Å². The number of nitrogens with one attached hydrogen (secondary N) is 3. The van der Waals surface area contributed by atoms with Crippen molar-refractivity contribution >= 4 is 28.9 Å². The molecule has 0 aliphatic carbocycles. The topological polar surface area (TPSA) is 105 Å². The number of hydrogen-bond donors (Lipinski definition) is 4. The van der Waals surface area contributed by atoms with E-state index in [4.69, 9.17) is 5.73 Å². The zero-order valence-electron chi connectivity index (χ0n) is 14.6. The quantitative estimate of drug-likeness (QED) is 0.528. The van der Waals surface area contributed by atoms with Crippen LogP contribution in [-0.2, 0) is 0 Å². The lowest BCUT2D eigenvalue weighted by Gasteiger charge is -2.13. The number of anilines is 4. The fraction of sp³-hybridized carbons (Fsp3) is 0.105. The molecule has 0 aliphatic heterocycles. The minimum atomic E-state index is -0.281. The predicted molar refractivity (Wildman–Crippen MR) is 103 cm³/mol. The van der Waals surface area contributed by atoms with Gasteiger partial charge in [0, 0.05) is 11.3 Å². The number of aromatic nitrogens is 2. The Morgan fingerprint density at radius 1 is 0.962 bits per heavy atom. The molecule has 0 radical (unpaired) electrons. The van der Waals surface area contributed by atoms with Gasteiger partial charge in [-0.3, -0.25) is 15.6 Å². The minimum absolute atomic E-state index is 0.281. The van der Waals surface area contributed by atoms with Crippen molar-refractivity contribution in [3.63, 3.8) is 0 Å². The van der Waals surface area contributed by atoms with Crippen LogP contribution in [0.3, 0.4) is 0 Å². The first-order valence-electron chi connectivity index (χ1n) is 8.10. The van der Waals surface area contributed by atoms with Crippen molar-refractivity contribution in [3.05, 3.63) is 71.5 Å². The molecular formula is C19H20N6O. The average molecular weight is 348 g/mol. The molecule has 2 aromatic carbocycles. The molecule has 132 valence electrons. The van der Waals surface area contributed by atoms with Gasteiger partial charge in [-0.2, -0.15) is 0 Å². The van der Waals surface area contributed by atoms with E-state index in [1.165, 1.54) is 6.33 Å². The summed E-state index contributed by atoms with van der Waals surface area (Å²) in [5.74, 6) is 0.490. The molecule has 0 unspecified atom stereocenters. The van der Waals surface area contributed by atoms with Crippen LogP contribution >= 0.6 is 0 Å². The number of nitrogens with zero attached hydrogens (tertiary/aromatic N) is 2. The molecule has 0 spiro atoms. The molecule has 5 N–H and O–H groups in total. The number of benzene rings is 2. The van der Waals surface area contributed by atoms with E-state index in [9.17, 15) is 4.79 Å². The van der Waals surface area contributed by atoms with Gasteiger partial charge in [-0.25, -0.2) is 9.97 Å². The van der Waals surface area contributed by atoms with Crippen LogP contribution in [0.15, 0.2) is 54.9 Å². The summed E-state index contributed by atoms with van der Waals surface area (Å²) in [6.45, 7) is 3.96. The van der Waals surface area contributed by atoms with E-state index >= 15 is 0 Å². The number of nitrogens with two attached hydrogens (primary N) is 1. The van der Waals surface area contributed by atoms with Gasteiger partial charge >= 0.3 is 0 Å². The number of hydrazine groups is 1. The lowest BCUT2D eigenvalue weighted by Crippen LogP contribution is -2.30. The van der Waals surface area contributed by atoms with Crippen molar-refractivity contribution in [1.29, 1.82) is 0 Å². The van der Waals surface area contributed by atoms with Crippen LogP contribution in [0.5, 0.6) is 0 Å². The van der Waals surface area contributed by atoms with Crippen molar-refractivity contribution in [2.45, 2.75) is 13.8 Å². The molecule has 0 aliphatic rings. The molecule has 1 heterocycles. The fourth-order valence-corrected chi connectivity index (χ4v) is 2.35. The Hall–Kier alpha value is -3.61. The first-order chi connectivity index (χ1) is 12.5. The molecule has 3 rings (SSSR count). The Bertz CT molecular complexity index is 924. The highest BCUT2D eigenvalue weighted by molar-refractivity contribution is 5.95. The van der Waals surface area contributed by atoms with Crippen LogP contribution in [0.1, 0.15) is 21.5 Å². The maximum absolute atomic E-state index is 12.2. The second-order valence-electron chi connectivity index (χ2n) is 5.92. The number of carbonyl (C=O) groups excluding carboxylic acids is 1. The van der Waals surface area contributed by atoms with Gasteiger partial charge in [0.1, 0.15) is 12.0 Å². The Balaban J connectivity index is 1.70. The van der Waals surface area contributed by atoms with Crippen molar-refractivity contribution < 1.29 is 4.79 Å². The van der Waals surface area contributed by atoms with Crippen molar-refractivity contribution in [3.8, 4) is 0 Å². The van der Waals surface area contributed by atoms with E-state index in [1.807, 2.05) is 50.2 Å². The van der Waals surface area contributed by atoms with Crippen LogP contribution in [0.2, 0.25) is 0 Å². The summed E-state index contributed by atoms with van der Waals surface area (Å²) >= 11 is 0. The van der Waals surface area contributed by atoms with Gasteiger partial charge in [0.05, 0.1) is 0 Å². The zero-order chi connectivity index (χ0) is 18.5. The summed E-state index contributed by atoms with van der Waals surface area (Å²) in [6.07, 6.45) is 1.37. The molecule has 7 heteroatoms. The molecule has 1 aromatic heterocycles. The van der Waals surface area contributed by atoms with Gasteiger partial charge in [-0.1, -0.05) is 29.8 Å². The Morgan fingerprint density at radius 3 is 2.42 bits per heavy atom. The van der Waals surface area contributed by atoms with E-state index in [-0.39, 0.29) is 5.91 Å². The second kappa shape index (κ2) is 7.52. The maximum atomic E-state index is 12.2. The lowest BCUT2D eigenvalue weighted by atomic mass is 10.1. The Morgan fingerprint density at radius 2 is 1.69 bits per heavy atom. The van der Waals surface area contributed by atoms with Crippen molar-refractivity contribution in [2.24, 2.45) is 0 Å². The summed E-state index contributed by atoms with van der Waals surface area (Å²) in [4.78, 5) is 20.4. The summed E-state index contributed by atoms with van der Waals surface area (Å²) in [6, 6.07) is 15.1. The highest BCUT2D eigenvalue weighted by Crippen LogP contribution is 2.25. The molecule has 0 saturated heterocycles. The van der Waals surface area contributed by atoms with E-state index in [2.05, 4.69) is 26.1 Å². The van der Waals surface area contributed by atoms with E-state index in [0.29, 0.717) is 22.9 Å². The number of rotatable bonds is 5. The first-order valence-corrected chi connectivity index (χ1v) is 8.10. The van der Waals surface area contributed by atoms with Gasteiger partial charge < -0.3 is 11.1 Å². The molecule has 26 heavy (non-hydrogen) atoms. The minimum Gasteiger partial charge on any atom is -0.393 e. The lowest BCUT2D eigenvalue weighted by molar-refractivity contribution is 0.0962. The molecule has 1 amide bonds. The number of aryl methyl sites for hydroxylation is 2. The summed E-state index contributed by atoms with van der Waals surface area (Å²) in [5.41, 5.74) is 15.4. The molecule has 0 fully saturated rings. The van der Waals surface area contributed by atoms with Gasteiger partial charge in [-0.15, -0.1) is 0 Å². The maximum Gasteiger partial charge on any atom is 0.269 e. The Labute approximate surface area is 151 Å². The van der Waals surface area contributed by atoms with Crippen molar-refractivity contribution in [1.82, 2.24) is 15.4 Å². The SMILES string of the molecule is Cc1ccc(C(=O)NNc2ncnc(Nc3cccc(C)c3)c2N)cc1. The van der Waals surface area contributed by atoms with E-state index in [1.54, 1.807) is 12.1 Å². The van der Waals surface area contributed by atoms with E-state index < -0.39 is 0 Å². The summed E-state index contributed by atoms with van der Waals surface area (Å²) in [5, 5.41) is 3.15. The standard InChI is InChI=1S/C19H20N6O/c1-12-6-8-14(9-7-12)19(26)25-24-18-16(20)17(21-11-22-18)23-15-5-3-4-13(2)10-15/h3-11H,20H2,1-2H3,(H,25,26)(H2,21,22,23,24). The summed E-state index contributed by atoms with van der Waals surface area (Å²) in [7, 11) is 0. The third kappa shape index (κ3) is 4.07. The fourth-order valence-electron chi connectivity index (χ4n) is 2.35. The molecule has 7 nitrogen and oxygen atoms in total. The number of nitrogen functional groups attached to an aromatic ring is 1. The normalized spacial score (nSPS) is 10.2. The molecule has 0 bridgehead atoms. The van der Waals surface area contributed by atoms with E-state index in [0.717, 1.165) is 16.8 Å². The van der Waals surface area contributed by atoms with Crippen LogP contribution in [0.25, 0.3) is 0 Å². The molecular weight excluding hydrogens is 328 g/mol. The number of carbonyl (C=O) groups is 1. The average Bonchev–Trinajstić information content (AvgIpc) is 2.63. The largest absolute Gasteiger partial charge is 0.393 e. The third-order valence-electron chi connectivity index (χ3n) is 3.77. The highest BCUT2D eigenvalue weighted by Gasteiger charge is 2.10. The third-order valence-corrected chi connectivity index (χ3v) is 3.77. The molecule has 0 saturated carbocycles. The predicted octanol–water partition coefficient (Wildman–Crippen LogP) is 3.18. The smallest absolute Gasteiger partial charge is 0.269 e. The first kappa shape index (κ1) is 17.2. The van der Waals surface area contributed by atoms with Crippen LogP contribution in [0.4, 0.5) is 23.0 Å².